The highest BCUT2D eigenvalue weighted by atomic mass is 32.3. The van der Waals surface area contributed by atoms with Gasteiger partial charge in [0.1, 0.15) is 0 Å². The van der Waals surface area contributed by atoms with Gasteiger partial charge in [0.15, 0.2) is 0 Å². The Morgan fingerprint density at radius 2 is 1.61 bits per heavy atom. The van der Waals surface area contributed by atoms with E-state index in [4.69, 9.17) is 0 Å². The summed E-state index contributed by atoms with van der Waals surface area (Å²) in [4.78, 5) is -0.948. The first kappa shape index (κ1) is 21.5. The van der Waals surface area contributed by atoms with E-state index in [1.165, 1.54) is 6.07 Å². The number of hydrogen-bond donors (Lipinski definition) is 0. The van der Waals surface area contributed by atoms with Gasteiger partial charge < -0.3 is 0 Å². The van der Waals surface area contributed by atoms with Gasteiger partial charge in [-0.25, -0.2) is 0 Å². The first-order chi connectivity index (χ1) is 12.5. The minimum atomic E-state index is -6.48. The van der Waals surface area contributed by atoms with Crippen molar-refractivity contribution >= 4 is 26.5 Å². The SMILES string of the molecule is CC(C)(C)c1ccc2c(c1)S(OS(=O)(=O)C(F)(F)F)(C(F)(F)F)C(C1CC1)=C2. The molecule has 158 valence electrons. The molecule has 1 aliphatic heterocycles. The van der Waals surface area contributed by atoms with Crippen LogP contribution in [0.4, 0.5) is 26.3 Å². The van der Waals surface area contributed by atoms with Crippen molar-refractivity contribution in [2.75, 3.05) is 0 Å². The molecule has 3 rings (SSSR count). The van der Waals surface area contributed by atoms with E-state index in [1.807, 2.05) is 0 Å². The average Bonchev–Trinajstić information content (AvgIpc) is 3.27. The van der Waals surface area contributed by atoms with Crippen LogP contribution in [0.3, 0.4) is 0 Å². The monoisotopic (exact) mass is 448 g/mol. The second kappa shape index (κ2) is 6.15. The molecule has 0 saturated heterocycles. The Morgan fingerprint density at radius 3 is 2.04 bits per heavy atom. The molecule has 1 saturated carbocycles. The van der Waals surface area contributed by atoms with Crippen molar-refractivity contribution in [3.8, 4) is 0 Å². The summed E-state index contributed by atoms with van der Waals surface area (Å²) < 4.78 is 109. The third kappa shape index (κ3) is 3.35. The van der Waals surface area contributed by atoms with Crippen LogP contribution in [0.2, 0.25) is 0 Å². The number of allylic oxidation sites excluding steroid dienone is 1. The van der Waals surface area contributed by atoms with Crippen LogP contribution in [0.5, 0.6) is 0 Å². The second-order valence-electron chi connectivity index (χ2n) is 7.79. The number of alkyl halides is 6. The molecule has 11 heteroatoms. The Hall–Kier alpha value is -1.20. The Morgan fingerprint density at radius 1 is 1.04 bits per heavy atom. The van der Waals surface area contributed by atoms with Gasteiger partial charge in [0.25, 0.3) is 0 Å². The molecule has 0 amide bonds. The molecule has 1 aromatic rings. The quantitative estimate of drug-likeness (QED) is 0.408. The molecule has 1 aromatic carbocycles. The predicted octanol–water partition coefficient (Wildman–Crippen LogP) is 6.21. The van der Waals surface area contributed by atoms with Gasteiger partial charge in [-0.15, -0.1) is 0 Å². The molecule has 1 atom stereocenters. The van der Waals surface area contributed by atoms with E-state index in [2.05, 4.69) is 3.63 Å². The fourth-order valence-electron chi connectivity index (χ4n) is 3.00. The molecule has 0 bridgehead atoms. The van der Waals surface area contributed by atoms with Crippen LogP contribution in [0.25, 0.3) is 6.08 Å². The largest absolute Gasteiger partial charge is 0.523 e. The van der Waals surface area contributed by atoms with E-state index in [-0.39, 0.29) is 5.56 Å². The first-order valence-electron chi connectivity index (χ1n) is 8.29. The summed E-state index contributed by atoms with van der Waals surface area (Å²) in [6.07, 6.45) is 1.83. The summed E-state index contributed by atoms with van der Waals surface area (Å²) in [5.74, 6) is -0.648. The molecule has 0 radical (unpaired) electrons. The van der Waals surface area contributed by atoms with Crippen LogP contribution in [-0.2, 0) is 19.2 Å². The number of rotatable bonds is 3. The van der Waals surface area contributed by atoms with Gasteiger partial charge in [-0.1, -0.05) is 32.9 Å². The van der Waals surface area contributed by atoms with Crippen molar-refractivity contribution in [3.63, 3.8) is 0 Å². The minimum absolute atomic E-state index is 0.0413. The van der Waals surface area contributed by atoms with Gasteiger partial charge in [-0.05, 0) is 47.4 Å². The van der Waals surface area contributed by atoms with Crippen LogP contribution in [0.15, 0.2) is 28.0 Å². The molecular formula is C17H18F6O3S2. The zero-order valence-corrected chi connectivity index (χ0v) is 16.7. The van der Waals surface area contributed by atoms with E-state index in [0.717, 1.165) is 12.1 Å². The lowest BCUT2D eigenvalue weighted by Crippen LogP contribution is -2.33. The van der Waals surface area contributed by atoms with Gasteiger partial charge in [-0.2, -0.15) is 38.4 Å². The van der Waals surface area contributed by atoms with E-state index in [1.54, 1.807) is 26.8 Å². The van der Waals surface area contributed by atoms with Gasteiger partial charge in [-0.3, -0.25) is 0 Å². The van der Waals surface area contributed by atoms with Gasteiger partial charge in [0.05, 0.1) is 0 Å². The van der Waals surface area contributed by atoms with Gasteiger partial charge >= 0.3 is 21.1 Å². The van der Waals surface area contributed by atoms with Crippen molar-refractivity contribution in [2.24, 2.45) is 5.92 Å². The van der Waals surface area contributed by atoms with Crippen molar-refractivity contribution < 1.29 is 38.4 Å². The maximum Gasteiger partial charge on any atom is 0.523 e. The normalized spacial score (nSPS) is 25.8. The third-order valence-corrected chi connectivity index (χ3v) is 9.44. The van der Waals surface area contributed by atoms with Crippen LogP contribution in [-0.4, -0.2) is 19.4 Å². The van der Waals surface area contributed by atoms with Gasteiger partial charge in [0.2, 0.25) is 0 Å². The standard InChI is InChI=1S/C17H18F6O3S2/c1-15(2,3)12-7-6-11-8-13(10-4-5-10)27(14(11)9-12,16(18,19)20)26-28(24,25)17(21,22)23/h6-10H,4-5H2,1-3H3. The Labute approximate surface area is 160 Å². The third-order valence-electron chi connectivity index (χ3n) is 4.60. The molecule has 28 heavy (non-hydrogen) atoms. The minimum Gasteiger partial charge on any atom is -0.196 e. The van der Waals surface area contributed by atoms with Crippen LogP contribution < -0.4 is 0 Å². The summed E-state index contributed by atoms with van der Waals surface area (Å²) in [6.45, 7) is 5.20. The molecule has 1 fully saturated rings. The fraction of sp³-hybridized carbons (Fsp3) is 0.529. The molecule has 1 heterocycles. The zero-order valence-electron chi connectivity index (χ0n) is 15.1. The van der Waals surface area contributed by atoms with Crippen molar-refractivity contribution in [1.82, 2.24) is 0 Å². The lowest BCUT2D eigenvalue weighted by molar-refractivity contribution is -0.0546. The summed E-state index contributed by atoms with van der Waals surface area (Å²) in [6, 6.07) is 4.10. The smallest absolute Gasteiger partial charge is 0.196 e. The van der Waals surface area contributed by atoms with E-state index >= 15 is 0 Å². The van der Waals surface area contributed by atoms with Crippen LogP contribution in [0, 0.1) is 5.92 Å². The average molecular weight is 448 g/mol. The lowest BCUT2D eigenvalue weighted by atomic mass is 9.86. The number of benzene rings is 1. The van der Waals surface area contributed by atoms with E-state index in [9.17, 15) is 34.8 Å². The second-order valence-corrected chi connectivity index (χ2v) is 12.2. The lowest BCUT2D eigenvalue weighted by Gasteiger charge is -2.39. The molecule has 0 aromatic heterocycles. The molecule has 1 unspecified atom stereocenters. The Bertz CT molecular complexity index is 937. The van der Waals surface area contributed by atoms with Crippen molar-refractivity contribution in [3.05, 3.63) is 34.2 Å². The van der Waals surface area contributed by atoms with Crippen LogP contribution in [0.1, 0.15) is 44.7 Å². The maximum atomic E-state index is 14.3. The van der Waals surface area contributed by atoms with Gasteiger partial charge in [0, 0.05) is 20.1 Å². The fourth-order valence-corrected chi connectivity index (χ4v) is 7.82. The highest BCUT2D eigenvalue weighted by molar-refractivity contribution is 8.37. The number of fused-ring (bicyclic) bond motifs is 1. The molecule has 1 aliphatic carbocycles. The summed E-state index contributed by atoms with van der Waals surface area (Å²) in [5.41, 5.74) is -11.4. The first-order valence-corrected chi connectivity index (χ1v) is 11.3. The highest BCUT2D eigenvalue weighted by Crippen LogP contribution is 2.81. The highest BCUT2D eigenvalue weighted by Gasteiger charge is 2.65. The molecule has 0 N–H and O–H groups in total. The predicted molar refractivity (Wildman–Crippen MR) is 93.8 cm³/mol. The molecule has 2 aliphatic rings. The Kier molecular flexibility index (Phi) is 4.72. The van der Waals surface area contributed by atoms with E-state index < -0.39 is 52.6 Å². The topological polar surface area (TPSA) is 43.4 Å². The zero-order chi connectivity index (χ0) is 21.3. The molecule has 0 spiro atoms. The molecular weight excluding hydrogens is 430 g/mol. The maximum absolute atomic E-state index is 14.3. The summed E-state index contributed by atoms with van der Waals surface area (Å²) in [5, 5.41) is 0. The Balaban J connectivity index is 2.30. The van der Waals surface area contributed by atoms with Crippen molar-refractivity contribution in [2.45, 2.75) is 54.9 Å². The van der Waals surface area contributed by atoms with E-state index in [0.29, 0.717) is 18.4 Å². The summed E-state index contributed by atoms with van der Waals surface area (Å²) in [7, 11) is -11.4. The number of hydrogen-bond acceptors (Lipinski definition) is 3. The number of halogens is 6. The summed E-state index contributed by atoms with van der Waals surface area (Å²) >= 11 is 0. The molecule has 3 nitrogen and oxygen atoms in total. The van der Waals surface area contributed by atoms with Crippen molar-refractivity contribution in [1.29, 1.82) is 0 Å². The van der Waals surface area contributed by atoms with Crippen LogP contribution >= 0.6 is 10.3 Å².